The Bertz CT molecular complexity index is 1880. The van der Waals surface area contributed by atoms with Crippen molar-refractivity contribution in [2.24, 2.45) is 0 Å². The van der Waals surface area contributed by atoms with E-state index in [1.165, 1.54) is 0 Å². The lowest BCUT2D eigenvalue weighted by Crippen LogP contribution is -2.37. The Morgan fingerprint density at radius 1 is 0.930 bits per heavy atom. The molecule has 2 heterocycles. The van der Waals surface area contributed by atoms with Crippen LogP contribution in [0.15, 0.2) is 109 Å². The van der Waals surface area contributed by atoms with Gasteiger partial charge < -0.3 is 15.0 Å². The highest BCUT2D eigenvalue weighted by atomic mass is 35.5. The standard InChI is InChI=1S/C35H30Cl2N4O2/c1-2-29(22-43-21-23-7-4-3-5-8-23)40-35(42)30-20-39-41(33-14-12-28(36)19-31(33)37)34(30)27-10-6-9-24(18-27)25-11-13-32-26(17-25)15-16-38-32/h3-20,29,38H,2,21-22H2,1H3,(H,40,42)/t29-/m1/s1. The molecule has 6 aromatic rings. The number of amides is 1. The highest BCUT2D eigenvalue weighted by Crippen LogP contribution is 2.34. The van der Waals surface area contributed by atoms with Gasteiger partial charge in [0.2, 0.25) is 0 Å². The second-order valence-corrected chi connectivity index (χ2v) is 11.2. The number of hydrogen-bond acceptors (Lipinski definition) is 3. The summed E-state index contributed by atoms with van der Waals surface area (Å²) in [5.41, 5.74) is 6.76. The third-order valence-corrected chi connectivity index (χ3v) is 7.97. The quantitative estimate of drug-likeness (QED) is 0.163. The van der Waals surface area contributed by atoms with Crippen LogP contribution in [0.2, 0.25) is 10.0 Å². The van der Waals surface area contributed by atoms with Gasteiger partial charge in [0, 0.05) is 22.3 Å². The van der Waals surface area contributed by atoms with Gasteiger partial charge in [-0.1, -0.05) is 84.7 Å². The van der Waals surface area contributed by atoms with Gasteiger partial charge in [-0.25, -0.2) is 4.68 Å². The molecule has 0 bridgehead atoms. The average Bonchev–Trinajstić information content (AvgIpc) is 3.68. The van der Waals surface area contributed by atoms with Crippen molar-refractivity contribution in [3.63, 3.8) is 0 Å². The molecule has 0 radical (unpaired) electrons. The Labute approximate surface area is 260 Å². The molecule has 216 valence electrons. The van der Waals surface area contributed by atoms with Crippen LogP contribution in [0.3, 0.4) is 0 Å². The fourth-order valence-electron chi connectivity index (χ4n) is 5.12. The Hall–Kier alpha value is -4.36. The van der Waals surface area contributed by atoms with E-state index >= 15 is 0 Å². The van der Waals surface area contributed by atoms with Gasteiger partial charge in [-0.2, -0.15) is 5.10 Å². The molecule has 0 unspecified atom stereocenters. The second kappa shape index (κ2) is 12.9. The largest absolute Gasteiger partial charge is 0.375 e. The highest BCUT2D eigenvalue weighted by molar-refractivity contribution is 6.35. The van der Waals surface area contributed by atoms with Crippen LogP contribution in [0.1, 0.15) is 29.3 Å². The fourth-order valence-corrected chi connectivity index (χ4v) is 5.61. The molecule has 6 rings (SSSR count). The molecule has 2 N–H and O–H groups in total. The maximum Gasteiger partial charge on any atom is 0.255 e. The van der Waals surface area contributed by atoms with E-state index in [1.54, 1.807) is 29.1 Å². The van der Waals surface area contributed by atoms with Gasteiger partial charge in [-0.15, -0.1) is 0 Å². The number of halogens is 2. The maximum atomic E-state index is 13.8. The van der Waals surface area contributed by atoms with E-state index in [-0.39, 0.29) is 11.9 Å². The number of H-pyrrole nitrogens is 1. The van der Waals surface area contributed by atoms with Gasteiger partial charge in [-0.3, -0.25) is 4.79 Å². The maximum absolute atomic E-state index is 13.8. The number of benzene rings is 4. The van der Waals surface area contributed by atoms with E-state index in [9.17, 15) is 4.79 Å². The van der Waals surface area contributed by atoms with E-state index in [1.807, 2.05) is 55.6 Å². The van der Waals surface area contributed by atoms with Crippen LogP contribution in [-0.4, -0.2) is 33.3 Å². The molecule has 0 spiro atoms. The molecule has 43 heavy (non-hydrogen) atoms. The lowest BCUT2D eigenvalue weighted by atomic mass is 9.99. The third kappa shape index (κ3) is 6.37. The summed E-state index contributed by atoms with van der Waals surface area (Å²) in [6.45, 7) is 2.90. The van der Waals surface area contributed by atoms with Gasteiger partial charge in [0.1, 0.15) is 0 Å². The topological polar surface area (TPSA) is 71.9 Å². The van der Waals surface area contributed by atoms with Crippen LogP contribution in [0.25, 0.3) is 39.0 Å². The predicted octanol–water partition coefficient (Wildman–Crippen LogP) is 8.72. The molecule has 2 aromatic heterocycles. The minimum absolute atomic E-state index is 0.175. The number of carbonyl (C=O) groups is 1. The molecular formula is C35H30Cl2N4O2. The summed E-state index contributed by atoms with van der Waals surface area (Å²) in [7, 11) is 0. The molecule has 0 aliphatic heterocycles. The number of carbonyl (C=O) groups excluding carboxylic acids is 1. The summed E-state index contributed by atoms with van der Waals surface area (Å²) in [6, 6.07) is 31.5. The van der Waals surface area contributed by atoms with E-state index in [0.717, 1.165) is 33.2 Å². The molecule has 1 amide bonds. The van der Waals surface area contributed by atoms with Crippen LogP contribution in [-0.2, 0) is 11.3 Å². The van der Waals surface area contributed by atoms with Crippen molar-refractivity contribution in [1.29, 1.82) is 0 Å². The number of aromatic nitrogens is 3. The molecule has 4 aromatic carbocycles. The summed E-state index contributed by atoms with van der Waals surface area (Å²) >= 11 is 12.8. The Morgan fingerprint density at radius 3 is 2.56 bits per heavy atom. The zero-order valence-corrected chi connectivity index (χ0v) is 25.1. The third-order valence-electron chi connectivity index (χ3n) is 7.43. The summed E-state index contributed by atoms with van der Waals surface area (Å²) in [4.78, 5) is 17.1. The fraction of sp³-hybridized carbons (Fsp3) is 0.143. The summed E-state index contributed by atoms with van der Waals surface area (Å²) in [6.07, 6.45) is 4.23. The minimum Gasteiger partial charge on any atom is -0.375 e. The van der Waals surface area contributed by atoms with E-state index in [4.69, 9.17) is 27.9 Å². The molecule has 0 aliphatic rings. The van der Waals surface area contributed by atoms with Crippen molar-refractivity contribution in [3.05, 3.63) is 131 Å². The van der Waals surface area contributed by atoms with E-state index < -0.39 is 0 Å². The summed E-state index contributed by atoms with van der Waals surface area (Å²) in [5, 5.41) is 9.87. The van der Waals surface area contributed by atoms with Crippen molar-refractivity contribution in [3.8, 4) is 28.1 Å². The Kier molecular flexibility index (Phi) is 8.61. The van der Waals surface area contributed by atoms with Crippen LogP contribution in [0.5, 0.6) is 0 Å². The SMILES string of the molecule is CC[C@H](COCc1ccccc1)NC(=O)c1cnn(-c2ccc(Cl)cc2Cl)c1-c1cccc(-c2ccc3[nH]ccc3c2)c1. The molecule has 6 nitrogen and oxygen atoms in total. The van der Waals surface area contributed by atoms with Gasteiger partial charge in [0.25, 0.3) is 5.91 Å². The monoisotopic (exact) mass is 608 g/mol. The van der Waals surface area contributed by atoms with Crippen LogP contribution >= 0.6 is 23.2 Å². The summed E-state index contributed by atoms with van der Waals surface area (Å²) < 4.78 is 7.65. The number of ether oxygens (including phenoxy) is 1. The summed E-state index contributed by atoms with van der Waals surface area (Å²) in [5.74, 6) is -0.236. The molecular weight excluding hydrogens is 579 g/mol. The lowest BCUT2D eigenvalue weighted by molar-refractivity contribution is 0.0792. The molecule has 8 heteroatoms. The van der Waals surface area contributed by atoms with Crippen LogP contribution in [0, 0.1) is 0 Å². The first kappa shape index (κ1) is 28.7. The number of aromatic amines is 1. The van der Waals surface area contributed by atoms with Crippen LogP contribution < -0.4 is 5.32 Å². The number of hydrogen-bond donors (Lipinski definition) is 2. The zero-order chi connectivity index (χ0) is 29.8. The first-order chi connectivity index (χ1) is 21.0. The van der Waals surface area contributed by atoms with Crippen molar-refractivity contribution >= 4 is 40.0 Å². The number of rotatable bonds is 10. The minimum atomic E-state index is -0.236. The number of fused-ring (bicyclic) bond motifs is 1. The second-order valence-electron chi connectivity index (χ2n) is 10.4. The van der Waals surface area contributed by atoms with E-state index in [2.05, 4.69) is 51.8 Å². The molecule has 0 saturated heterocycles. The van der Waals surface area contributed by atoms with Crippen molar-refractivity contribution < 1.29 is 9.53 Å². The normalized spacial score (nSPS) is 12.0. The van der Waals surface area contributed by atoms with Gasteiger partial charge >= 0.3 is 0 Å². The average molecular weight is 610 g/mol. The van der Waals surface area contributed by atoms with Gasteiger partial charge in [-0.05, 0) is 71.0 Å². The van der Waals surface area contributed by atoms with Crippen molar-refractivity contribution in [1.82, 2.24) is 20.1 Å². The number of nitrogens with zero attached hydrogens (tertiary/aromatic N) is 2. The van der Waals surface area contributed by atoms with Gasteiger partial charge in [0.15, 0.2) is 0 Å². The molecule has 1 atom stereocenters. The Balaban J connectivity index is 1.34. The first-order valence-electron chi connectivity index (χ1n) is 14.1. The van der Waals surface area contributed by atoms with Gasteiger partial charge in [0.05, 0.1) is 47.4 Å². The first-order valence-corrected chi connectivity index (χ1v) is 14.9. The number of nitrogens with one attached hydrogen (secondary N) is 2. The predicted molar refractivity (Wildman–Crippen MR) is 174 cm³/mol. The van der Waals surface area contributed by atoms with E-state index in [0.29, 0.717) is 46.6 Å². The molecule has 0 saturated carbocycles. The zero-order valence-electron chi connectivity index (χ0n) is 23.6. The Morgan fingerprint density at radius 2 is 1.74 bits per heavy atom. The highest BCUT2D eigenvalue weighted by Gasteiger charge is 2.23. The van der Waals surface area contributed by atoms with Crippen molar-refractivity contribution in [2.45, 2.75) is 26.0 Å². The molecule has 0 aliphatic carbocycles. The van der Waals surface area contributed by atoms with Crippen molar-refractivity contribution in [2.75, 3.05) is 6.61 Å². The lowest BCUT2D eigenvalue weighted by Gasteiger charge is -2.18. The smallest absolute Gasteiger partial charge is 0.255 e. The molecule has 0 fully saturated rings. The van der Waals surface area contributed by atoms with Crippen LogP contribution in [0.4, 0.5) is 0 Å².